The van der Waals surface area contributed by atoms with Crippen LogP contribution in [0.1, 0.15) is 11.3 Å². The van der Waals surface area contributed by atoms with E-state index in [1.165, 1.54) is 6.20 Å². The smallest absolute Gasteiger partial charge is 0.372 e. The molecule has 1 aromatic carbocycles. The highest BCUT2D eigenvalue weighted by Gasteiger charge is 2.70. The van der Waals surface area contributed by atoms with Gasteiger partial charge in [-0.05, 0) is 28.2 Å². The van der Waals surface area contributed by atoms with Crippen molar-refractivity contribution in [2.24, 2.45) is 0 Å². The Morgan fingerprint density at radius 1 is 0.971 bits per heavy atom. The molecule has 0 aliphatic rings. The SMILES string of the molecule is OC(CNc1nc(-c2cn3ccnc3c(Cc3ccccc3)n2)ncc1I)(C(F)(F)F)C(F)(F)F. The lowest BCUT2D eigenvalue weighted by Gasteiger charge is -2.32. The van der Waals surface area contributed by atoms with Gasteiger partial charge in [0.2, 0.25) is 0 Å². The molecule has 0 aliphatic heterocycles. The van der Waals surface area contributed by atoms with Gasteiger partial charge in [-0.1, -0.05) is 30.3 Å². The first-order chi connectivity index (χ1) is 16.4. The fraction of sp³-hybridized carbons (Fsp3) is 0.238. The van der Waals surface area contributed by atoms with Crippen molar-refractivity contribution in [2.45, 2.75) is 24.4 Å². The minimum absolute atomic E-state index is 0.0413. The summed E-state index contributed by atoms with van der Waals surface area (Å²) >= 11 is 1.66. The van der Waals surface area contributed by atoms with Crippen LogP contribution in [0.15, 0.2) is 55.1 Å². The molecule has 3 heterocycles. The number of halogens is 7. The molecule has 0 amide bonds. The second-order valence-electron chi connectivity index (χ2n) is 7.49. The molecule has 7 nitrogen and oxygen atoms in total. The average molecular weight is 608 g/mol. The third kappa shape index (κ3) is 5.03. The molecule has 0 radical (unpaired) electrons. The number of aliphatic hydroxyl groups is 1. The van der Waals surface area contributed by atoms with Gasteiger partial charge in [-0.3, -0.25) is 0 Å². The van der Waals surface area contributed by atoms with E-state index in [4.69, 9.17) is 0 Å². The standard InChI is InChI=1S/C21H15F6IN6O/c22-20(23,24)19(35,21(25,26)27)11-31-16-13(28)9-30-17(33-16)15-10-34-7-6-29-18(34)14(32-15)8-12-4-2-1-3-5-12/h1-7,9-10,35H,8,11H2,(H,30,31,33). The largest absolute Gasteiger partial charge is 0.428 e. The van der Waals surface area contributed by atoms with E-state index in [2.05, 4.69) is 19.9 Å². The number of nitrogens with zero attached hydrogens (tertiary/aromatic N) is 5. The number of nitrogens with one attached hydrogen (secondary N) is 1. The molecular formula is C21H15F6IN6O. The van der Waals surface area contributed by atoms with Gasteiger partial charge in [-0.15, -0.1) is 0 Å². The number of fused-ring (bicyclic) bond motifs is 1. The van der Waals surface area contributed by atoms with E-state index in [1.807, 2.05) is 35.6 Å². The highest BCUT2D eigenvalue weighted by Crippen LogP contribution is 2.43. The molecule has 0 bridgehead atoms. The summed E-state index contributed by atoms with van der Waals surface area (Å²) in [6.45, 7) is -1.89. The zero-order chi connectivity index (χ0) is 25.4. The van der Waals surface area contributed by atoms with E-state index in [1.54, 1.807) is 45.6 Å². The van der Waals surface area contributed by atoms with Crippen LogP contribution >= 0.6 is 22.6 Å². The second kappa shape index (κ2) is 9.22. The number of hydrogen-bond donors (Lipinski definition) is 2. The fourth-order valence-electron chi connectivity index (χ4n) is 3.20. The first kappa shape index (κ1) is 25.1. The third-order valence-electron chi connectivity index (χ3n) is 5.08. The minimum atomic E-state index is -5.96. The predicted octanol–water partition coefficient (Wildman–Crippen LogP) is 4.65. The van der Waals surface area contributed by atoms with Crippen molar-refractivity contribution >= 4 is 34.1 Å². The maximum Gasteiger partial charge on any atom is 0.428 e. The zero-order valence-electron chi connectivity index (χ0n) is 17.4. The molecular weight excluding hydrogens is 593 g/mol. The number of anilines is 1. The van der Waals surface area contributed by atoms with Crippen LogP contribution in [0.2, 0.25) is 0 Å². The summed E-state index contributed by atoms with van der Waals surface area (Å²) in [5.74, 6) is -0.361. The van der Waals surface area contributed by atoms with Gasteiger partial charge in [0.15, 0.2) is 11.5 Å². The molecule has 184 valence electrons. The maximum atomic E-state index is 13.0. The Morgan fingerprint density at radius 2 is 1.66 bits per heavy atom. The molecule has 0 aliphatic carbocycles. The normalized spacial score (nSPS) is 12.8. The lowest BCUT2D eigenvalue weighted by molar-refractivity contribution is -0.362. The molecule has 0 unspecified atom stereocenters. The van der Waals surface area contributed by atoms with Crippen LogP contribution in [0.25, 0.3) is 17.2 Å². The van der Waals surface area contributed by atoms with Gasteiger partial charge >= 0.3 is 12.4 Å². The first-order valence-electron chi connectivity index (χ1n) is 9.88. The number of rotatable bonds is 6. The van der Waals surface area contributed by atoms with Crippen molar-refractivity contribution in [1.82, 2.24) is 24.3 Å². The van der Waals surface area contributed by atoms with Crippen molar-refractivity contribution < 1.29 is 31.4 Å². The Morgan fingerprint density at radius 3 is 2.31 bits per heavy atom. The fourth-order valence-corrected chi connectivity index (χ4v) is 3.65. The molecule has 3 aromatic heterocycles. The zero-order valence-corrected chi connectivity index (χ0v) is 19.6. The highest BCUT2D eigenvalue weighted by molar-refractivity contribution is 14.1. The summed E-state index contributed by atoms with van der Waals surface area (Å²) in [4.78, 5) is 17.0. The summed E-state index contributed by atoms with van der Waals surface area (Å²) < 4.78 is 80.0. The molecule has 0 saturated heterocycles. The molecule has 0 atom stereocenters. The minimum Gasteiger partial charge on any atom is -0.372 e. The van der Waals surface area contributed by atoms with Crippen molar-refractivity contribution in [3.8, 4) is 11.5 Å². The van der Waals surface area contributed by atoms with E-state index in [9.17, 15) is 31.4 Å². The summed E-state index contributed by atoms with van der Waals surface area (Å²) in [6, 6.07) is 9.40. The lowest BCUT2D eigenvalue weighted by Crippen LogP contribution is -2.61. The third-order valence-corrected chi connectivity index (χ3v) is 5.87. The Labute approximate surface area is 207 Å². The topological polar surface area (TPSA) is 88.2 Å². The van der Waals surface area contributed by atoms with Gasteiger partial charge in [0.25, 0.3) is 5.60 Å². The van der Waals surface area contributed by atoms with Crippen molar-refractivity contribution in [2.75, 3.05) is 11.9 Å². The molecule has 4 rings (SSSR count). The molecule has 14 heteroatoms. The first-order valence-corrected chi connectivity index (χ1v) is 11.0. The van der Waals surface area contributed by atoms with Crippen LogP contribution in [-0.4, -0.2) is 53.9 Å². The second-order valence-corrected chi connectivity index (χ2v) is 8.66. The van der Waals surface area contributed by atoms with Crippen LogP contribution in [0.3, 0.4) is 0 Å². The van der Waals surface area contributed by atoms with Gasteiger partial charge in [0.05, 0.1) is 15.8 Å². The van der Waals surface area contributed by atoms with Gasteiger partial charge in [-0.25, -0.2) is 19.9 Å². The molecule has 2 N–H and O–H groups in total. The molecule has 35 heavy (non-hydrogen) atoms. The maximum absolute atomic E-state index is 13.0. The molecule has 0 saturated carbocycles. The quantitative estimate of drug-likeness (QED) is 0.245. The molecule has 0 spiro atoms. The van der Waals surface area contributed by atoms with Gasteiger partial charge in [0, 0.05) is 31.2 Å². The van der Waals surface area contributed by atoms with E-state index < -0.39 is 24.5 Å². The van der Waals surface area contributed by atoms with Crippen LogP contribution in [0.5, 0.6) is 0 Å². The van der Waals surface area contributed by atoms with Crippen molar-refractivity contribution in [3.05, 3.63) is 69.9 Å². The summed E-state index contributed by atoms with van der Waals surface area (Å²) in [6.07, 6.45) is -5.51. The average Bonchev–Trinajstić information content (AvgIpc) is 3.26. The van der Waals surface area contributed by atoms with Gasteiger partial charge in [0.1, 0.15) is 11.5 Å². The highest BCUT2D eigenvalue weighted by atomic mass is 127. The van der Waals surface area contributed by atoms with Gasteiger partial charge in [-0.2, -0.15) is 26.3 Å². The monoisotopic (exact) mass is 608 g/mol. The van der Waals surface area contributed by atoms with Crippen LogP contribution in [0.4, 0.5) is 32.2 Å². The number of imidazole rings is 1. The number of benzene rings is 1. The number of hydrogen-bond acceptors (Lipinski definition) is 6. The summed E-state index contributed by atoms with van der Waals surface area (Å²) in [7, 11) is 0. The van der Waals surface area contributed by atoms with E-state index in [-0.39, 0.29) is 20.9 Å². The summed E-state index contributed by atoms with van der Waals surface area (Å²) in [5.41, 5.74) is -2.65. The Balaban J connectivity index is 1.69. The number of alkyl halides is 6. The van der Waals surface area contributed by atoms with E-state index in [0.717, 1.165) is 5.56 Å². The Bertz CT molecular complexity index is 1330. The van der Waals surface area contributed by atoms with Crippen molar-refractivity contribution in [1.29, 1.82) is 0 Å². The summed E-state index contributed by atoms with van der Waals surface area (Å²) in [5, 5.41) is 11.4. The van der Waals surface area contributed by atoms with Gasteiger partial charge < -0.3 is 14.8 Å². The van der Waals surface area contributed by atoms with Crippen LogP contribution < -0.4 is 5.32 Å². The Kier molecular flexibility index (Phi) is 6.61. The van der Waals surface area contributed by atoms with Crippen molar-refractivity contribution in [3.63, 3.8) is 0 Å². The van der Waals surface area contributed by atoms with E-state index >= 15 is 0 Å². The molecule has 4 aromatic rings. The lowest BCUT2D eigenvalue weighted by atomic mass is 10.0. The van der Waals surface area contributed by atoms with Crippen LogP contribution in [0, 0.1) is 3.57 Å². The van der Waals surface area contributed by atoms with Crippen LogP contribution in [-0.2, 0) is 6.42 Å². The number of aromatic nitrogens is 5. The predicted molar refractivity (Wildman–Crippen MR) is 122 cm³/mol. The van der Waals surface area contributed by atoms with E-state index in [0.29, 0.717) is 17.8 Å². The molecule has 0 fully saturated rings. The Hall–Kier alpha value is -3.01.